The molecule has 0 fully saturated rings. The molecular weight excluding hydrogens is 645 g/mol. The van der Waals surface area contributed by atoms with Gasteiger partial charge in [-0.25, -0.2) is 0 Å². The van der Waals surface area contributed by atoms with Gasteiger partial charge < -0.3 is 14.2 Å². The van der Waals surface area contributed by atoms with Gasteiger partial charge in [-0.1, -0.05) is 177 Å². The number of unbranched alkanes of at least 4 members (excludes halogenated alkanes) is 16. The summed E-state index contributed by atoms with van der Waals surface area (Å²) in [7, 11) is 0. The van der Waals surface area contributed by atoms with Gasteiger partial charge in [-0.2, -0.15) is 0 Å². The van der Waals surface area contributed by atoms with E-state index in [0.717, 1.165) is 70.6 Å². The lowest BCUT2D eigenvalue weighted by molar-refractivity contribution is -0.162. The minimum atomic E-state index is -0.576. The summed E-state index contributed by atoms with van der Waals surface area (Å²) >= 11 is 0. The predicted molar refractivity (Wildman–Crippen MR) is 224 cm³/mol. The van der Waals surface area contributed by atoms with E-state index in [1.54, 1.807) is 0 Å². The van der Waals surface area contributed by atoms with Crippen molar-refractivity contribution in [2.45, 2.75) is 194 Å². The summed E-state index contributed by atoms with van der Waals surface area (Å²) in [6.07, 6.45) is 53.5. The highest BCUT2D eigenvalue weighted by molar-refractivity contribution is 5.71. The van der Waals surface area contributed by atoms with E-state index in [1.807, 2.05) is 12.2 Å². The summed E-state index contributed by atoms with van der Waals surface area (Å²) in [4.78, 5) is 25.1. The van der Waals surface area contributed by atoms with Gasteiger partial charge in [0.2, 0.25) is 0 Å². The van der Waals surface area contributed by atoms with Crippen molar-refractivity contribution in [3.8, 4) is 0 Å². The van der Waals surface area contributed by atoms with Gasteiger partial charge in [-0.3, -0.25) is 9.59 Å². The van der Waals surface area contributed by atoms with Crippen LogP contribution in [0, 0.1) is 0 Å². The summed E-state index contributed by atoms with van der Waals surface area (Å²) < 4.78 is 17.1. The first-order valence-corrected chi connectivity index (χ1v) is 21.5. The zero-order chi connectivity index (χ0) is 37.8. The van der Waals surface area contributed by atoms with E-state index in [9.17, 15) is 9.59 Å². The van der Waals surface area contributed by atoms with E-state index >= 15 is 0 Å². The quantitative estimate of drug-likeness (QED) is 0.0360. The van der Waals surface area contributed by atoms with Crippen LogP contribution < -0.4 is 0 Å². The lowest BCUT2D eigenvalue weighted by Gasteiger charge is -2.18. The fourth-order valence-electron chi connectivity index (χ4n) is 5.58. The number of carbonyl (C=O) groups excluding carboxylic acids is 2. The molecule has 0 saturated carbocycles. The lowest BCUT2D eigenvalue weighted by atomic mass is 10.1. The molecule has 5 heteroatoms. The van der Waals surface area contributed by atoms with Crippen LogP contribution in [-0.2, 0) is 23.8 Å². The van der Waals surface area contributed by atoms with Crippen LogP contribution in [0.3, 0.4) is 0 Å². The first-order chi connectivity index (χ1) is 25.6. The molecule has 0 aliphatic rings. The van der Waals surface area contributed by atoms with Crippen LogP contribution in [0.5, 0.6) is 0 Å². The smallest absolute Gasteiger partial charge is 0.309 e. The number of allylic oxidation sites excluding steroid dienone is 11. The molecule has 0 aromatic carbocycles. The van der Waals surface area contributed by atoms with Crippen molar-refractivity contribution < 1.29 is 23.8 Å². The molecule has 0 bridgehead atoms. The van der Waals surface area contributed by atoms with Crippen LogP contribution in [0.15, 0.2) is 72.9 Å². The number of hydrogen-bond donors (Lipinski definition) is 0. The Kier molecular flexibility index (Phi) is 40.6. The zero-order valence-electron chi connectivity index (χ0n) is 34.1. The minimum absolute atomic E-state index is 0.0266. The Bertz CT molecular complexity index is 957. The van der Waals surface area contributed by atoms with Crippen LogP contribution in [-0.4, -0.2) is 37.9 Å². The largest absolute Gasteiger partial charge is 0.461 e. The highest BCUT2D eigenvalue weighted by Gasteiger charge is 2.17. The van der Waals surface area contributed by atoms with E-state index in [0.29, 0.717) is 13.0 Å². The SMILES string of the molecule is CC/C=C\C/C=C\C/C=C\C/C=C\C/C=C\CC(=O)OCC(COCCCCCCCCCC)OC(=O)CCCCCCC/C=C\CCCCCC. The second kappa shape index (κ2) is 42.8. The Labute approximate surface area is 321 Å². The molecule has 298 valence electrons. The maximum atomic E-state index is 12.7. The van der Waals surface area contributed by atoms with Crippen LogP contribution in [0.1, 0.15) is 188 Å². The molecular formula is C47H80O5. The molecule has 0 aromatic rings. The van der Waals surface area contributed by atoms with Crippen molar-refractivity contribution in [1.82, 2.24) is 0 Å². The minimum Gasteiger partial charge on any atom is -0.461 e. The Morgan fingerprint density at radius 3 is 1.48 bits per heavy atom. The third-order valence-corrected chi connectivity index (χ3v) is 8.76. The predicted octanol–water partition coefficient (Wildman–Crippen LogP) is 14.0. The summed E-state index contributed by atoms with van der Waals surface area (Å²) in [6, 6.07) is 0. The Balaban J connectivity index is 4.37. The van der Waals surface area contributed by atoms with E-state index < -0.39 is 6.10 Å². The average molecular weight is 725 g/mol. The van der Waals surface area contributed by atoms with Gasteiger partial charge in [0, 0.05) is 13.0 Å². The molecule has 0 heterocycles. The number of ether oxygens (including phenoxy) is 3. The van der Waals surface area contributed by atoms with Gasteiger partial charge >= 0.3 is 11.9 Å². The van der Waals surface area contributed by atoms with E-state index in [1.165, 1.54) is 83.5 Å². The van der Waals surface area contributed by atoms with Crippen molar-refractivity contribution in [3.05, 3.63) is 72.9 Å². The first kappa shape index (κ1) is 49.3. The van der Waals surface area contributed by atoms with Gasteiger partial charge in [0.15, 0.2) is 6.10 Å². The second-order valence-corrected chi connectivity index (χ2v) is 13.9. The van der Waals surface area contributed by atoms with Crippen molar-refractivity contribution in [3.63, 3.8) is 0 Å². The lowest BCUT2D eigenvalue weighted by Crippen LogP contribution is -2.30. The fraction of sp³-hybridized carbons (Fsp3) is 0.702. The second-order valence-electron chi connectivity index (χ2n) is 13.9. The molecule has 0 amide bonds. The maximum Gasteiger partial charge on any atom is 0.309 e. The summed E-state index contributed by atoms with van der Waals surface area (Å²) in [6.45, 7) is 7.55. The van der Waals surface area contributed by atoms with Crippen molar-refractivity contribution in [2.24, 2.45) is 0 Å². The summed E-state index contributed by atoms with van der Waals surface area (Å²) in [5.74, 6) is -0.558. The van der Waals surface area contributed by atoms with Gasteiger partial charge in [-0.15, -0.1) is 0 Å². The Morgan fingerprint density at radius 1 is 0.462 bits per heavy atom. The molecule has 0 aromatic heterocycles. The van der Waals surface area contributed by atoms with E-state index in [2.05, 4.69) is 81.5 Å². The molecule has 0 aliphatic carbocycles. The third kappa shape index (κ3) is 40.1. The van der Waals surface area contributed by atoms with Crippen molar-refractivity contribution in [2.75, 3.05) is 19.8 Å². The summed E-state index contributed by atoms with van der Waals surface area (Å²) in [5, 5.41) is 0. The normalized spacial score (nSPS) is 12.9. The third-order valence-electron chi connectivity index (χ3n) is 8.76. The van der Waals surface area contributed by atoms with Crippen LogP contribution in [0.4, 0.5) is 0 Å². The molecule has 1 unspecified atom stereocenters. The zero-order valence-corrected chi connectivity index (χ0v) is 34.1. The van der Waals surface area contributed by atoms with Crippen molar-refractivity contribution in [1.29, 1.82) is 0 Å². The topological polar surface area (TPSA) is 61.8 Å². The number of carbonyl (C=O) groups is 2. The molecule has 0 saturated heterocycles. The van der Waals surface area contributed by atoms with Gasteiger partial charge in [0.1, 0.15) is 6.61 Å². The summed E-state index contributed by atoms with van der Waals surface area (Å²) in [5.41, 5.74) is 0. The van der Waals surface area contributed by atoms with Crippen molar-refractivity contribution >= 4 is 11.9 Å². The van der Waals surface area contributed by atoms with Gasteiger partial charge in [0.25, 0.3) is 0 Å². The van der Waals surface area contributed by atoms with Gasteiger partial charge in [0.05, 0.1) is 13.0 Å². The van der Waals surface area contributed by atoms with Crippen LogP contribution in [0.25, 0.3) is 0 Å². The number of hydrogen-bond acceptors (Lipinski definition) is 5. The monoisotopic (exact) mass is 725 g/mol. The molecule has 1 atom stereocenters. The van der Waals surface area contributed by atoms with Gasteiger partial charge in [-0.05, 0) is 70.6 Å². The van der Waals surface area contributed by atoms with E-state index in [-0.39, 0.29) is 31.6 Å². The molecule has 0 spiro atoms. The average Bonchev–Trinajstić information content (AvgIpc) is 3.14. The maximum absolute atomic E-state index is 12.7. The molecule has 0 N–H and O–H groups in total. The van der Waals surface area contributed by atoms with E-state index in [4.69, 9.17) is 14.2 Å². The molecule has 0 aliphatic heterocycles. The number of rotatable bonds is 38. The number of esters is 2. The first-order valence-electron chi connectivity index (χ1n) is 21.5. The molecule has 0 rings (SSSR count). The highest BCUT2D eigenvalue weighted by atomic mass is 16.6. The molecule has 5 nitrogen and oxygen atoms in total. The van der Waals surface area contributed by atoms with Crippen LogP contribution >= 0.6 is 0 Å². The standard InChI is InChI=1S/C47H80O5/c1-4-7-10-13-16-19-21-23-24-26-27-29-31-34-37-40-46(48)51-44-45(43-50-42-39-36-33-18-15-12-9-6-3)52-47(49)41-38-35-32-30-28-25-22-20-17-14-11-8-5-2/h7,10,16,19-20,22-24,27,29,34,37,45H,4-6,8-9,11-15,17-18,21,25-26,28,30-33,35-36,38-44H2,1-3H3/b10-7-,19-16-,22-20-,24-23-,29-27-,37-34-. The molecule has 52 heavy (non-hydrogen) atoms. The highest BCUT2D eigenvalue weighted by Crippen LogP contribution is 2.12. The Hall–Kier alpha value is -2.66. The Morgan fingerprint density at radius 2 is 0.923 bits per heavy atom. The van der Waals surface area contributed by atoms with Crippen LogP contribution in [0.2, 0.25) is 0 Å². The fourth-order valence-corrected chi connectivity index (χ4v) is 5.58. The molecule has 0 radical (unpaired) electrons.